The molecule has 12 heteroatoms. The van der Waals surface area contributed by atoms with Crippen LogP contribution in [0.5, 0.6) is 5.75 Å². The Bertz CT molecular complexity index is 1140. The number of nitrogens with one attached hydrogen (secondary N) is 2. The molecule has 2 amide bonds. The molecule has 4 rings (SSSR count). The number of aryl methyl sites for hydroxylation is 1. The molecule has 1 fully saturated rings. The monoisotopic (exact) mass is 487 g/mol. The van der Waals surface area contributed by atoms with Crippen molar-refractivity contribution in [2.45, 2.75) is 38.2 Å². The number of benzene rings is 1. The summed E-state index contributed by atoms with van der Waals surface area (Å²) in [4.78, 5) is 38.6. The lowest BCUT2D eigenvalue weighted by atomic mass is 10.0. The highest BCUT2D eigenvalue weighted by Gasteiger charge is 2.37. The minimum atomic E-state index is -0.653. The zero-order chi connectivity index (χ0) is 24.9. The molecule has 0 saturated carbocycles. The van der Waals surface area contributed by atoms with Crippen LogP contribution >= 0.6 is 0 Å². The van der Waals surface area contributed by atoms with E-state index in [1.54, 1.807) is 13.0 Å². The minimum Gasteiger partial charge on any atom is -0.494 e. The molecule has 3 heterocycles. The molecule has 1 aromatic carbocycles. The lowest BCUT2D eigenvalue weighted by molar-refractivity contribution is -0.179. The van der Waals surface area contributed by atoms with Crippen LogP contribution in [0.2, 0.25) is 0 Å². The quantitative estimate of drug-likeness (QED) is 0.588. The fraction of sp³-hybridized carbons (Fsp3) is 0.435. The summed E-state index contributed by atoms with van der Waals surface area (Å²) >= 11 is 0. The Morgan fingerprint density at radius 1 is 1.17 bits per heavy atom. The largest absolute Gasteiger partial charge is 0.494 e. The number of amides is 2. The van der Waals surface area contributed by atoms with Crippen LogP contribution in [0.15, 0.2) is 29.4 Å². The maximum absolute atomic E-state index is 13.6. The van der Waals surface area contributed by atoms with Crippen molar-refractivity contribution in [1.29, 1.82) is 0 Å². The molecule has 2 aromatic rings. The Morgan fingerprint density at radius 2 is 2.00 bits per heavy atom. The number of nitrogens with zero attached hydrogens (tertiary/aromatic N) is 3. The van der Waals surface area contributed by atoms with Crippen molar-refractivity contribution in [3.63, 3.8) is 0 Å². The standard InChI is InChI=1S/C23H26FN5O6/c1-12-27-15(16-8-19(35-29-16)20-10-34-21(11-33-20)23(31)25-2)7-17(28-12)22(30)26-9-13-4-5-14(24)18(6-13)32-3/h4-7,19-21H,8-11H2,1-3H3,(H,25,31)(H,26,30)/t19-,20+,21-/m0/s1. The predicted molar refractivity (Wildman–Crippen MR) is 120 cm³/mol. The molecule has 0 unspecified atom stereocenters. The molecule has 0 spiro atoms. The summed E-state index contributed by atoms with van der Waals surface area (Å²) in [6.07, 6.45) is -1.06. The van der Waals surface area contributed by atoms with Crippen LogP contribution in [0.25, 0.3) is 0 Å². The molecule has 1 aromatic heterocycles. The second kappa shape index (κ2) is 10.7. The van der Waals surface area contributed by atoms with Crippen LogP contribution in [-0.4, -0.2) is 73.2 Å². The molecule has 2 aliphatic heterocycles. The van der Waals surface area contributed by atoms with Crippen molar-refractivity contribution < 1.29 is 33.0 Å². The number of ether oxygens (including phenoxy) is 3. The van der Waals surface area contributed by atoms with E-state index < -0.39 is 30.0 Å². The predicted octanol–water partition coefficient (Wildman–Crippen LogP) is 0.886. The van der Waals surface area contributed by atoms with E-state index in [2.05, 4.69) is 25.8 Å². The molecule has 1 saturated heterocycles. The van der Waals surface area contributed by atoms with E-state index in [-0.39, 0.29) is 37.1 Å². The van der Waals surface area contributed by atoms with E-state index in [1.807, 2.05) is 0 Å². The van der Waals surface area contributed by atoms with Crippen molar-refractivity contribution in [3.8, 4) is 5.75 Å². The number of methoxy groups -OCH3 is 1. The normalized spacial score (nSPS) is 21.6. The summed E-state index contributed by atoms with van der Waals surface area (Å²) in [5.41, 5.74) is 1.86. The van der Waals surface area contributed by atoms with Crippen LogP contribution in [0.1, 0.15) is 34.0 Å². The molecule has 35 heavy (non-hydrogen) atoms. The van der Waals surface area contributed by atoms with Gasteiger partial charge >= 0.3 is 0 Å². The van der Waals surface area contributed by atoms with Gasteiger partial charge in [-0.25, -0.2) is 14.4 Å². The third-order valence-corrected chi connectivity index (χ3v) is 5.60. The minimum absolute atomic E-state index is 0.0993. The van der Waals surface area contributed by atoms with E-state index in [9.17, 15) is 14.0 Å². The average Bonchev–Trinajstić information content (AvgIpc) is 3.38. The number of carbonyl (C=O) groups is 2. The van der Waals surface area contributed by atoms with Gasteiger partial charge in [0.15, 0.2) is 23.8 Å². The van der Waals surface area contributed by atoms with E-state index in [0.717, 1.165) is 0 Å². The van der Waals surface area contributed by atoms with E-state index >= 15 is 0 Å². The van der Waals surface area contributed by atoms with Crippen LogP contribution in [-0.2, 0) is 25.7 Å². The Kier molecular flexibility index (Phi) is 7.51. The molecule has 2 N–H and O–H groups in total. The molecule has 3 atom stereocenters. The number of aromatic nitrogens is 2. The van der Waals surface area contributed by atoms with Gasteiger partial charge in [0.05, 0.1) is 26.0 Å². The molecule has 186 valence electrons. The number of likely N-dealkylation sites (N-methyl/N-ethyl adjacent to an activating group) is 1. The van der Waals surface area contributed by atoms with E-state index in [1.165, 1.54) is 32.4 Å². The van der Waals surface area contributed by atoms with Gasteiger partial charge in [-0.1, -0.05) is 11.2 Å². The van der Waals surface area contributed by atoms with Crippen molar-refractivity contribution in [2.24, 2.45) is 5.16 Å². The van der Waals surface area contributed by atoms with Crippen LogP contribution in [0, 0.1) is 12.7 Å². The molecule has 0 radical (unpaired) electrons. The highest BCUT2D eigenvalue weighted by atomic mass is 19.1. The average molecular weight is 487 g/mol. The first kappa shape index (κ1) is 24.5. The number of hydrogen-bond acceptors (Lipinski definition) is 9. The molecule has 2 aliphatic rings. The molecule has 0 bridgehead atoms. The number of hydrogen-bond donors (Lipinski definition) is 2. The zero-order valence-electron chi connectivity index (χ0n) is 19.5. The van der Waals surface area contributed by atoms with E-state index in [0.29, 0.717) is 29.2 Å². The molecular weight excluding hydrogens is 461 g/mol. The maximum atomic E-state index is 13.6. The first-order valence-corrected chi connectivity index (χ1v) is 11.0. The summed E-state index contributed by atoms with van der Waals surface area (Å²) in [5, 5.41) is 9.42. The Hall–Kier alpha value is -3.64. The number of rotatable bonds is 7. The highest BCUT2D eigenvalue weighted by Crippen LogP contribution is 2.23. The van der Waals surface area contributed by atoms with Gasteiger partial charge in [0.25, 0.3) is 11.8 Å². The van der Waals surface area contributed by atoms with Crippen molar-refractivity contribution in [3.05, 3.63) is 52.9 Å². The first-order chi connectivity index (χ1) is 16.9. The maximum Gasteiger partial charge on any atom is 0.270 e. The van der Waals surface area contributed by atoms with Crippen molar-refractivity contribution in [2.75, 3.05) is 27.4 Å². The van der Waals surface area contributed by atoms with Crippen molar-refractivity contribution >= 4 is 17.5 Å². The summed E-state index contributed by atoms with van der Waals surface area (Å²) in [6.45, 7) is 2.15. The highest BCUT2D eigenvalue weighted by molar-refractivity contribution is 6.02. The zero-order valence-corrected chi connectivity index (χ0v) is 19.5. The number of oxime groups is 1. The van der Waals surface area contributed by atoms with Gasteiger partial charge in [0.1, 0.15) is 23.3 Å². The van der Waals surface area contributed by atoms with Crippen LogP contribution < -0.4 is 15.4 Å². The van der Waals surface area contributed by atoms with E-state index in [4.69, 9.17) is 19.0 Å². The van der Waals surface area contributed by atoms with Gasteiger partial charge in [0.2, 0.25) is 0 Å². The lowest BCUT2D eigenvalue weighted by Gasteiger charge is -2.30. The SMILES string of the molecule is CNC(=O)[C@@H]1CO[C@@H]([C@@H]2CC(c3cc(C(=O)NCc4ccc(F)c(OC)c4)nc(C)n3)=NO2)CO1. The van der Waals surface area contributed by atoms with Gasteiger partial charge in [0, 0.05) is 20.0 Å². The second-order valence-corrected chi connectivity index (χ2v) is 8.03. The summed E-state index contributed by atoms with van der Waals surface area (Å²) in [6, 6.07) is 5.90. The first-order valence-electron chi connectivity index (χ1n) is 11.0. The van der Waals surface area contributed by atoms with Gasteiger partial charge in [-0.2, -0.15) is 0 Å². The van der Waals surface area contributed by atoms with Gasteiger partial charge < -0.3 is 29.7 Å². The molecular formula is C23H26FN5O6. The van der Waals surface area contributed by atoms with Gasteiger partial charge in [-0.15, -0.1) is 0 Å². The van der Waals surface area contributed by atoms with Gasteiger partial charge in [-0.05, 0) is 30.7 Å². The molecule has 0 aliphatic carbocycles. The van der Waals surface area contributed by atoms with Crippen LogP contribution in [0.3, 0.4) is 0 Å². The summed E-state index contributed by atoms with van der Waals surface area (Å²) in [5.74, 6) is -0.642. The van der Waals surface area contributed by atoms with Crippen LogP contribution in [0.4, 0.5) is 4.39 Å². The topological polar surface area (TPSA) is 133 Å². The Morgan fingerprint density at radius 3 is 2.71 bits per heavy atom. The Balaban J connectivity index is 1.37. The lowest BCUT2D eigenvalue weighted by Crippen LogP contribution is -2.48. The van der Waals surface area contributed by atoms with Gasteiger partial charge in [-0.3, -0.25) is 9.59 Å². The summed E-state index contributed by atoms with van der Waals surface area (Å²) in [7, 11) is 2.91. The van der Waals surface area contributed by atoms with Crippen molar-refractivity contribution in [1.82, 2.24) is 20.6 Å². The third kappa shape index (κ3) is 5.72. The fourth-order valence-electron chi connectivity index (χ4n) is 3.71. The fourth-order valence-corrected chi connectivity index (χ4v) is 3.71. The number of carbonyl (C=O) groups excluding carboxylic acids is 2. The molecule has 11 nitrogen and oxygen atoms in total. The number of halogens is 1. The Labute approximate surface area is 201 Å². The smallest absolute Gasteiger partial charge is 0.270 e. The summed E-state index contributed by atoms with van der Waals surface area (Å²) < 4.78 is 29.9. The second-order valence-electron chi connectivity index (χ2n) is 8.03. The third-order valence-electron chi connectivity index (χ3n) is 5.60.